The monoisotopic (exact) mass is 402 g/mol. The van der Waals surface area contributed by atoms with Gasteiger partial charge in [0, 0.05) is 27.8 Å². The number of benzene rings is 1. The highest BCUT2D eigenvalue weighted by Crippen LogP contribution is 2.24. The van der Waals surface area contributed by atoms with E-state index in [0.29, 0.717) is 5.56 Å². The Hall–Kier alpha value is -2.05. The highest BCUT2D eigenvalue weighted by Gasteiger charge is 2.10. The number of aromatic nitrogens is 2. The summed E-state index contributed by atoms with van der Waals surface area (Å²) < 4.78 is 6.04. The molecule has 0 saturated carbocycles. The van der Waals surface area contributed by atoms with Gasteiger partial charge in [0.1, 0.15) is 11.6 Å². The molecule has 0 fully saturated rings. The molecule has 122 valence electrons. The molecule has 0 aliphatic heterocycles. The van der Waals surface area contributed by atoms with Crippen molar-refractivity contribution >= 4 is 33.2 Å². The second-order valence-electron chi connectivity index (χ2n) is 5.16. The van der Waals surface area contributed by atoms with Gasteiger partial charge in [-0.05, 0) is 34.0 Å². The van der Waals surface area contributed by atoms with Crippen molar-refractivity contribution < 1.29 is 9.53 Å². The highest BCUT2D eigenvalue weighted by atomic mass is 79.9. The molecule has 1 aromatic carbocycles. The van der Waals surface area contributed by atoms with E-state index in [2.05, 4.69) is 57.1 Å². The third-order valence-corrected chi connectivity index (χ3v) is 4.83. The van der Waals surface area contributed by atoms with Crippen LogP contribution in [0, 0.1) is 0 Å². The number of pyridine rings is 1. The van der Waals surface area contributed by atoms with Crippen molar-refractivity contribution in [2.75, 3.05) is 0 Å². The predicted octanol–water partition coefficient (Wildman–Crippen LogP) is 4.89. The Kier molecular flexibility index (Phi) is 5.37. The molecule has 0 saturated heterocycles. The number of halogens is 1. The van der Waals surface area contributed by atoms with Crippen molar-refractivity contribution in [1.29, 1.82) is 0 Å². The Morgan fingerprint density at radius 3 is 2.75 bits per heavy atom. The van der Waals surface area contributed by atoms with E-state index in [9.17, 15) is 4.79 Å². The molecular formula is C18H15BrN2O2S. The Bertz CT molecular complexity index is 846. The third kappa shape index (κ3) is 4.07. The standard InChI is InChI=1S/C18H15BrN2O2S/c1-2-12-3-5-13(6-4-12)17-21-16(11-24-17)10-23-18(22)14-7-15(19)9-20-8-14/h3-9,11H,2,10H2,1H3. The van der Waals surface area contributed by atoms with Crippen LogP contribution < -0.4 is 0 Å². The molecule has 4 nitrogen and oxygen atoms in total. The molecule has 6 heteroatoms. The summed E-state index contributed by atoms with van der Waals surface area (Å²) in [5, 5.41) is 2.84. The quantitative estimate of drug-likeness (QED) is 0.570. The van der Waals surface area contributed by atoms with Crippen molar-refractivity contribution in [3.8, 4) is 10.6 Å². The summed E-state index contributed by atoms with van der Waals surface area (Å²) in [4.78, 5) is 20.5. The first kappa shape index (κ1) is 16.8. The van der Waals surface area contributed by atoms with Crippen LogP contribution in [-0.2, 0) is 17.8 Å². The van der Waals surface area contributed by atoms with E-state index < -0.39 is 5.97 Å². The number of thiazole rings is 1. The number of hydrogen-bond donors (Lipinski definition) is 0. The lowest BCUT2D eigenvalue weighted by atomic mass is 10.1. The maximum absolute atomic E-state index is 12.0. The van der Waals surface area contributed by atoms with Crippen LogP contribution in [0.25, 0.3) is 10.6 Å². The van der Waals surface area contributed by atoms with Crippen molar-refractivity contribution in [1.82, 2.24) is 9.97 Å². The van der Waals surface area contributed by atoms with Crippen LogP contribution in [-0.4, -0.2) is 15.9 Å². The van der Waals surface area contributed by atoms with Gasteiger partial charge < -0.3 is 4.74 Å². The van der Waals surface area contributed by atoms with Crippen LogP contribution in [0.1, 0.15) is 28.5 Å². The number of esters is 1. The Morgan fingerprint density at radius 1 is 1.25 bits per heavy atom. The second-order valence-corrected chi connectivity index (χ2v) is 6.94. The van der Waals surface area contributed by atoms with Gasteiger partial charge in [0.25, 0.3) is 0 Å². The van der Waals surface area contributed by atoms with Gasteiger partial charge in [-0.25, -0.2) is 9.78 Å². The van der Waals surface area contributed by atoms with Crippen molar-refractivity contribution in [2.45, 2.75) is 20.0 Å². The fraction of sp³-hybridized carbons (Fsp3) is 0.167. The van der Waals surface area contributed by atoms with Gasteiger partial charge in [0.2, 0.25) is 0 Å². The summed E-state index contributed by atoms with van der Waals surface area (Å²) in [7, 11) is 0. The van der Waals surface area contributed by atoms with Gasteiger partial charge in [-0.3, -0.25) is 4.98 Å². The van der Waals surface area contributed by atoms with Gasteiger partial charge in [-0.1, -0.05) is 31.2 Å². The van der Waals surface area contributed by atoms with Gasteiger partial charge >= 0.3 is 5.97 Å². The zero-order valence-electron chi connectivity index (χ0n) is 13.0. The summed E-state index contributed by atoms with van der Waals surface area (Å²) in [5.74, 6) is -0.411. The largest absolute Gasteiger partial charge is 0.456 e. The Balaban J connectivity index is 1.64. The number of rotatable bonds is 5. The normalized spacial score (nSPS) is 10.6. The van der Waals surface area contributed by atoms with E-state index in [0.717, 1.165) is 27.2 Å². The molecule has 0 aliphatic rings. The van der Waals surface area contributed by atoms with E-state index in [1.54, 1.807) is 23.6 Å². The van der Waals surface area contributed by atoms with E-state index in [-0.39, 0.29) is 6.61 Å². The third-order valence-electron chi connectivity index (χ3n) is 3.45. The zero-order chi connectivity index (χ0) is 16.9. The fourth-order valence-corrected chi connectivity index (χ4v) is 3.31. The van der Waals surface area contributed by atoms with Crippen LogP contribution >= 0.6 is 27.3 Å². The first-order valence-corrected chi connectivity index (χ1v) is 9.14. The molecule has 0 atom stereocenters. The number of carbonyl (C=O) groups excluding carboxylic acids is 1. The van der Waals surface area contributed by atoms with Crippen LogP contribution in [0.2, 0.25) is 0 Å². The van der Waals surface area contributed by atoms with E-state index >= 15 is 0 Å². The maximum atomic E-state index is 12.0. The first-order valence-electron chi connectivity index (χ1n) is 7.47. The molecule has 0 unspecified atom stereocenters. The minimum Gasteiger partial charge on any atom is -0.456 e. The van der Waals surface area contributed by atoms with Gasteiger partial charge in [-0.2, -0.15) is 0 Å². The topological polar surface area (TPSA) is 52.1 Å². The van der Waals surface area contributed by atoms with Gasteiger partial charge in [0.15, 0.2) is 0 Å². The first-order chi connectivity index (χ1) is 11.7. The minimum absolute atomic E-state index is 0.148. The molecule has 0 aliphatic carbocycles. The predicted molar refractivity (Wildman–Crippen MR) is 98.0 cm³/mol. The average Bonchev–Trinajstić information content (AvgIpc) is 3.09. The molecular weight excluding hydrogens is 388 g/mol. The number of carbonyl (C=O) groups is 1. The molecule has 0 N–H and O–H groups in total. The summed E-state index contributed by atoms with van der Waals surface area (Å²) >= 11 is 4.83. The SMILES string of the molecule is CCc1ccc(-c2nc(COC(=O)c3cncc(Br)c3)cs2)cc1. The molecule has 2 heterocycles. The van der Waals surface area contributed by atoms with Gasteiger partial charge in [-0.15, -0.1) is 11.3 Å². The van der Waals surface area contributed by atoms with Crippen LogP contribution in [0.4, 0.5) is 0 Å². The van der Waals surface area contributed by atoms with E-state index in [1.807, 2.05) is 5.38 Å². The lowest BCUT2D eigenvalue weighted by Crippen LogP contribution is -2.05. The lowest BCUT2D eigenvalue weighted by Gasteiger charge is -2.03. The molecule has 24 heavy (non-hydrogen) atoms. The molecule has 0 radical (unpaired) electrons. The molecule has 2 aromatic heterocycles. The van der Waals surface area contributed by atoms with Gasteiger partial charge in [0.05, 0.1) is 11.3 Å². The molecule has 0 bridgehead atoms. The zero-order valence-corrected chi connectivity index (χ0v) is 15.4. The number of nitrogens with zero attached hydrogens (tertiary/aromatic N) is 2. The van der Waals surface area contributed by atoms with Crippen LogP contribution in [0.5, 0.6) is 0 Å². The number of hydrogen-bond acceptors (Lipinski definition) is 5. The summed E-state index contributed by atoms with van der Waals surface area (Å²) in [5.41, 5.74) is 3.53. The molecule has 3 rings (SSSR count). The van der Waals surface area contributed by atoms with Crippen LogP contribution in [0.3, 0.4) is 0 Å². The molecule has 3 aromatic rings. The van der Waals surface area contributed by atoms with Crippen molar-refractivity contribution in [2.24, 2.45) is 0 Å². The minimum atomic E-state index is -0.411. The summed E-state index contributed by atoms with van der Waals surface area (Å²) in [6, 6.07) is 10.0. The Labute approximate surface area is 152 Å². The summed E-state index contributed by atoms with van der Waals surface area (Å²) in [6.07, 6.45) is 4.12. The van der Waals surface area contributed by atoms with E-state index in [4.69, 9.17) is 4.74 Å². The molecule has 0 spiro atoms. The number of ether oxygens (including phenoxy) is 1. The smallest absolute Gasteiger partial charge is 0.340 e. The van der Waals surface area contributed by atoms with E-state index in [1.165, 1.54) is 11.8 Å². The fourth-order valence-electron chi connectivity index (χ4n) is 2.14. The van der Waals surface area contributed by atoms with Crippen molar-refractivity contribution in [3.05, 3.63) is 69.4 Å². The van der Waals surface area contributed by atoms with Crippen LogP contribution in [0.15, 0.2) is 52.6 Å². The molecule has 0 amide bonds. The highest BCUT2D eigenvalue weighted by molar-refractivity contribution is 9.10. The average molecular weight is 403 g/mol. The maximum Gasteiger partial charge on any atom is 0.340 e. The number of aryl methyl sites for hydroxylation is 1. The second kappa shape index (κ2) is 7.68. The summed E-state index contributed by atoms with van der Waals surface area (Å²) in [6.45, 7) is 2.28. The van der Waals surface area contributed by atoms with Crippen molar-refractivity contribution in [3.63, 3.8) is 0 Å². The Morgan fingerprint density at radius 2 is 2.04 bits per heavy atom. The lowest BCUT2D eigenvalue weighted by molar-refractivity contribution is 0.0468.